The maximum absolute atomic E-state index is 12.5. The molecule has 26 heavy (non-hydrogen) atoms. The van der Waals surface area contributed by atoms with Crippen LogP contribution in [0.2, 0.25) is 0 Å². The van der Waals surface area contributed by atoms with Crippen molar-refractivity contribution >= 4 is 28.6 Å². The summed E-state index contributed by atoms with van der Waals surface area (Å²) in [6.07, 6.45) is 4.36. The molecule has 1 amide bonds. The Labute approximate surface area is 151 Å². The van der Waals surface area contributed by atoms with E-state index in [9.17, 15) is 4.79 Å². The molecule has 7 nitrogen and oxygen atoms in total. The Hall–Kier alpha value is -3.35. The first-order chi connectivity index (χ1) is 12.6. The molecule has 3 rings (SSSR count). The number of rotatable bonds is 6. The first kappa shape index (κ1) is 17.5. The van der Waals surface area contributed by atoms with Gasteiger partial charge in [0.25, 0.3) is 5.91 Å². The third-order valence-electron chi connectivity index (χ3n) is 4.13. The molecule has 0 unspecified atom stereocenters. The monoisotopic (exact) mass is 350 g/mol. The summed E-state index contributed by atoms with van der Waals surface area (Å²) in [6, 6.07) is 11.0. The van der Waals surface area contributed by atoms with Gasteiger partial charge >= 0.3 is 0 Å². The predicted molar refractivity (Wildman–Crippen MR) is 103 cm³/mol. The minimum absolute atomic E-state index is 0.0573. The molecule has 0 radical (unpaired) electrons. The Morgan fingerprint density at radius 1 is 1.27 bits per heavy atom. The third-order valence-corrected chi connectivity index (χ3v) is 4.13. The van der Waals surface area contributed by atoms with Crippen molar-refractivity contribution in [2.75, 3.05) is 11.9 Å². The zero-order valence-electron chi connectivity index (χ0n) is 14.6. The molecule has 3 aromatic rings. The van der Waals surface area contributed by atoms with Gasteiger partial charge in [0.15, 0.2) is 5.96 Å². The SMILES string of the molecule is CCCN(Cc1ccc(C(=O)Nc2ccnc3[nH]ccc23)cc1)C(=N)N. The van der Waals surface area contributed by atoms with E-state index in [1.165, 1.54) is 0 Å². The van der Waals surface area contributed by atoms with Crippen molar-refractivity contribution in [1.29, 1.82) is 5.41 Å². The van der Waals surface area contributed by atoms with Gasteiger partial charge in [0.2, 0.25) is 0 Å². The van der Waals surface area contributed by atoms with Crippen molar-refractivity contribution < 1.29 is 4.79 Å². The Balaban J connectivity index is 1.71. The van der Waals surface area contributed by atoms with Crippen LogP contribution in [0, 0.1) is 5.41 Å². The number of hydrogen-bond donors (Lipinski definition) is 4. The highest BCUT2D eigenvalue weighted by Crippen LogP contribution is 2.21. The summed E-state index contributed by atoms with van der Waals surface area (Å²) in [5, 5.41) is 11.4. The number of amides is 1. The summed E-state index contributed by atoms with van der Waals surface area (Å²) >= 11 is 0. The number of guanidine groups is 1. The number of anilines is 1. The van der Waals surface area contributed by atoms with E-state index in [1.807, 2.05) is 25.1 Å². The Morgan fingerprint density at radius 2 is 2.04 bits per heavy atom. The standard InChI is InChI=1S/C19H22N6O/c1-2-11-25(19(20)21)12-13-3-5-14(6-4-13)18(26)24-16-8-10-23-17-15(16)7-9-22-17/h3-10H,2,11-12H2,1H3,(H3,20,21)(H2,22,23,24,26). The van der Waals surface area contributed by atoms with Crippen LogP contribution in [0.4, 0.5) is 5.69 Å². The summed E-state index contributed by atoms with van der Waals surface area (Å²) in [5.41, 5.74) is 8.63. The van der Waals surface area contributed by atoms with Crippen LogP contribution in [0.1, 0.15) is 29.3 Å². The van der Waals surface area contributed by atoms with Gasteiger partial charge < -0.3 is 20.9 Å². The molecule has 0 saturated heterocycles. The number of nitrogens with zero attached hydrogens (tertiary/aromatic N) is 2. The summed E-state index contributed by atoms with van der Waals surface area (Å²) in [4.78, 5) is 21.6. The van der Waals surface area contributed by atoms with Gasteiger partial charge in [0.1, 0.15) is 5.65 Å². The second-order valence-corrected chi connectivity index (χ2v) is 6.06. The van der Waals surface area contributed by atoms with E-state index >= 15 is 0 Å². The van der Waals surface area contributed by atoms with Gasteiger partial charge in [-0.1, -0.05) is 19.1 Å². The van der Waals surface area contributed by atoms with Crippen LogP contribution in [0.25, 0.3) is 11.0 Å². The number of aromatic amines is 1. The molecule has 0 aliphatic carbocycles. The van der Waals surface area contributed by atoms with E-state index in [2.05, 4.69) is 15.3 Å². The molecule has 1 aromatic carbocycles. The number of fused-ring (bicyclic) bond motifs is 1. The molecule has 0 aliphatic heterocycles. The van der Waals surface area contributed by atoms with Crippen LogP contribution in [0.3, 0.4) is 0 Å². The van der Waals surface area contributed by atoms with E-state index in [-0.39, 0.29) is 11.9 Å². The number of pyridine rings is 1. The average Bonchev–Trinajstić information content (AvgIpc) is 3.11. The number of benzene rings is 1. The summed E-state index contributed by atoms with van der Waals surface area (Å²) < 4.78 is 0. The predicted octanol–water partition coefficient (Wildman–Crippen LogP) is 2.92. The molecule has 7 heteroatoms. The Morgan fingerprint density at radius 3 is 2.73 bits per heavy atom. The Bertz CT molecular complexity index is 915. The number of carbonyl (C=O) groups excluding carboxylic acids is 1. The zero-order chi connectivity index (χ0) is 18.5. The fraction of sp³-hybridized carbons (Fsp3) is 0.211. The molecule has 2 heterocycles. The van der Waals surface area contributed by atoms with Crippen LogP contribution in [0.5, 0.6) is 0 Å². The molecule has 0 saturated carbocycles. The van der Waals surface area contributed by atoms with Gasteiger partial charge in [-0.2, -0.15) is 0 Å². The molecular weight excluding hydrogens is 328 g/mol. The molecular formula is C19H22N6O. The zero-order valence-corrected chi connectivity index (χ0v) is 14.6. The van der Waals surface area contributed by atoms with E-state index in [0.717, 1.165) is 35.2 Å². The molecule has 0 aliphatic rings. The second-order valence-electron chi connectivity index (χ2n) is 6.06. The van der Waals surface area contributed by atoms with Crippen LogP contribution in [-0.2, 0) is 6.54 Å². The van der Waals surface area contributed by atoms with Crippen molar-refractivity contribution in [2.45, 2.75) is 19.9 Å². The largest absolute Gasteiger partial charge is 0.370 e. The van der Waals surface area contributed by atoms with Gasteiger partial charge in [0.05, 0.1) is 5.69 Å². The summed E-state index contributed by atoms with van der Waals surface area (Å²) in [5.74, 6) is -0.121. The lowest BCUT2D eigenvalue weighted by Crippen LogP contribution is -2.36. The van der Waals surface area contributed by atoms with Crippen molar-refractivity contribution in [3.8, 4) is 0 Å². The average molecular weight is 350 g/mol. The molecule has 134 valence electrons. The topological polar surface area (TPSA) is 111 Å². The maximum Gasteiger partial charge on any atom is 0.255 e. The molecule has 0 bridgehead atoms. The van der Waals surface area contributed by atoms with Crippen LogP contribution < -0.4 is 11.1 Å². The fourth-order valence-electron chi connectivity index (χ4n) is 2.80. The molecule has 0 fully saturated rings. The lowest BCUT2D eigenvalue weighted by atomic mass is 10.1. The molecule has 0 atom stereocenters. The highest BCUT2D eigenvalue weighted by Gasteiger charge is 2.11. The van der Waals surface area contributed by atoms with E-state index in [1.54, 1.807) is 35.5 Å². The first-order valence-electron chi connectivity index (χ1n) is 8.50. The van der Waals surface area contributed by atoms with Crippen molar-refractivity contribution in [2.24, 2.45) is 5.73 Å². The van der Waals surface area contributed by atoms with E-state index in [4.69, 9.17) is 11.1 Å². The highest BCUT2D eigenvalue weighted by atomic mass is 16.1. The first-order valence-corrected chi connectivity index (χ1v) is 8.50. The lowest BCUT2D eigenvalue weighted by molar-refractivity contribution is 0.102. The number of hydrogen-bond acceptors (Lipinski definition) is 3. The van der Waals surface area contributed by atoms with Crippen LogP contribution in [0.15, 0.2) is 48.8 Å². The van der Waals surface area contributed by atoms with Crippen molar-refractivity contribution in [3.63, 3.8) is 0 Å². The van der Waals surface area contributed by atoms with Gasteiger partial charge in [0, 0.05) is 36.4 Å². The van der Waals surface area contributed by atoms with Gasteiger partial charge in [-0.3, -0.25) is 10.2 Å². The number of carbonyl (C=O) groups is 1. The van der Waals surface area contributed by atoms with Crippen molar-refractivity contribution in [3.05, 3.63) is 59.9 Å². The maximum atomic E-state index is 12.5. The van der Waals surface area contributed by atoms with Gasteiger partial charge in [-0.25, -0.2) is 4.98 Å². The number of nitrogens with one attached hydrogen (secondary N) is 3. The smallest absolute Gasteiger partial charge is 0.255 e. The van der Waals surface area contributed by atoms with Gasteiger partial charge in [-0.15, -0.1) is 0 Å². The minimum Gasteiger partial charge on any atom is -0.370 e. The minimum atomic E-state index is -0.178. The van der Waals surface area contributed by atoms with Crippen LogP contribution in [-0.4, -0.2) is 33.3 Å². The number of nitrogens with two attached hydrogens (primary N) is 1. The fourth-order valence-corrected chi connectivity index (χ4v) is 2.80. The highest BCUT2D eigenvalue weighted by molar-refractivity contribution is 6.08. The molecule has 5 N–H and O–H groups in total. The van der Waals surface area contributed by atoms with Crippen LogP contribution >= 0.6 is 0 Å². The lowest BCUT2D eigenvalue weighted by Gasteiger charge is -2.22. The van der Waals surface area contributed by atoms with E-state index in [0.29, 0.717) is 12.1 Å². The Kier molecular flexibility index (Phi) is 5.17. The summed E-state index contributed by atoms with van der Waals surface area (Å²) in [7, 11) is 0. The van der Waals surface area contributed by atoms with Gasteiger partial charge in [-0.05, 0) is 36.2 Å². The normalized spacial score (nSPS) is 10.7. The van der Waals surface area contributed by atoms with Crippen molar-refractivity contribution in [1.82, 2.24) is 14.9 Å². The third kappa shape index (κ3) is 3.83. The second kappa shape index (κ2) is 7.69. The molecule has 2 aromatic heterocycles. The number of aromatic nitrogens is 2. The number of H-pyrrole nitrogens is 1. The quantitative estimate of drug-likeness (QED) is 0.404. The molecule has 0 spiro atoms. The van der Waals surface area contributed by atoms with E-state index < -0.39 is 0 Å². The summed E-state index contributed by atoms with van der Waals surface area (Å²) in [6.45, 7) is 3.33.